The Morgan fingerprint density at radius 3 is 3.15 bits per heavy atom. The van der Waals surface area contributed by atoms with Gasteiger partial charge in [-0.25, -0.2) is 9.37 Å². The van der Waals surface area contributed by atoms with Gasteiger partial charge in [0.15, 0.2) is 11.5 Å². The van der Waals surface area contributed by atoms with Crippen LogP contribution in [0.25, 0.3) is 0 Å². The summed E-state index contributed by atoms with van der Waals surface area (Å²) in [6.45, 7) is 0. The van der Waals surface area contributed by atoms with Crippen molar-refractivity contribution in [1.82, 2.24) is 4.98 Å². The number of carbonyl (C=O) groups is 1. The summed E-state index contributed by atoms with van der Waals surface area (Å²) in [6.07, 6.45) is 0.130. The van der Waals surface area contributed by atoms with Gasteiger partial charge in [-0.3, -0.25) is 4.79 Å². The number of halogens is 1. The molecule has 0 radical (unpaired) electrons. The molecule has 0 spiro atoms. The quantitative estimate of drug-likeness (QED) is 0.630. The van der Waals surface area contributed by atoms with Crippen LogP contribution in [0, 0.1) is 17.1 Å². The number of nitrogens with zero attached hydrogens (tertiary/aromatic N) is 2. The molecule has 0 fully saturated rings. The molecule has 2 rings (SSSR count). The van der Waals surface area contributed by atoms with Crippen LogP contribution in [0.15, 0.2) is 6.07 Å². The minimum atomic E-state index is -0.683. The average Bonchev–Trinajstić information content (AvgIpc) is 2.42. The minimum absolute atomic E-state index is 0.130. The molecular formula is C8H4FN3O. The van der Waals surface area contributed by atoms with Gasteiger partial charge >= 0.3 is 0 Å². The van der Waals surface area contributed by atoms with Crippen molar-refractivity contribution >= 4 is 11.7 Å². The SMILES string of the molecule is N#Cc1nc2c(cc1F)CC(=O)N2. The monoisotopic (exact) mass is 177 g/mol. The van der Waals surface area contributed by atoms with Crippen molar-refractivity contribution in [3.8, 4) is 6.07 Å². The van der Waals surface area contributed by atoms with Gasteiger partial charge in [-0.15, -0.1) is 0 Å². The molecule has 0 unspecified atom stereocenters. The summed E-state index contributed by atoms with van der Waals surface area (Å²) in [5.41, 5.74) is 0.211. The highest BCUT2D eigenvalue weighted by Crippen LogP contribution is 2.22. The molecule has 0 bridgehead atoms. The van der Waals surface area contributed by atoms with Crippen molar-refractivity contribution in [3.05, 3.63) is 23.1 Å². The Hall–Kier alpha value is -1.96. The summed E-state index contributed by atoms with van der Waals surface area (Å²) in [5, 5.41) is 10.9. The van der Waals surface area contributed by atoms with E-state index >= 15 is 0 Å². The Kier molecular flexibility index (Phi) is 1.49. The standard InChI is InChI=1S/C8H4FN3O/c9-5-1-4-2-7(13)12-8(4)11-6(5)3-10/h1H,2H2,(H,11,12,13). The zero-order valence-electron chi connectivity index (χ0n) is 6.47. The lowest BCUT2D eigenvalue weighted by Gasteiger charge is -1.97. The lowest BCUT2D eigenvalue weighted by atomic mass is 10.2. The van der Waals surface area contributed by atoms with E-state index in [2.05, 4.69) is 10.3 Å². The van der Waals surface area contributed by atoms with Crippen LogP contribution in [0.3, 0.4) is 0 Å². The van der Waals surface area contributed by atoms with Crippen molar-refractivity contribution in [2.24, 2.45) is 0 Å². The van der Waals surface area contributed by atoms with Crippen molar-refractivity contribution < 1.29 is 9.18 Å². The Morgan fingerprint density at radius 1 is 1.69 bits per heavy atom. The third-order valence-electron chi connectivity index (χ3n) is 1.77. The molecule has 4 nitrogen and oxygen atoms in total. The number of nitrogens with one attached hydrogen (secondary N) is 1. The summed E-state index contributed by atoms with van der Waals surface area (Å²) in [4.78, 5) is 14.5. The molecule has 0 atom stereocenters. The summed E-state index contributed by atoms with van der Waals surface area (Å²) < 4.78 is 12.9. The predicted molar refractivity (Wildman–Crippen MR) is 41.2 cm³/mol. The molecule has 0 saturated carbocycles. The summed E-state index contributed by atoms with van der Waals surface area (Å²) >= 11 is 0. The van der Waals surface area contributed by atoms with Crippen LogP contribution in [-0.4, -0.2) is 10.9 Å². The van der Waals surface area contributed by atoms with E-state index in [1.54, 1.807) is 6.07 Å². The van der Waals surface area contributed by atoms with E-state index < -0.39 is 5.82 Å². The van der Waals surface area contributed by atoms with E-state index in [-0.39, 0.29) is 18.0 Å². The van der Waals surface area contributed by atoms with Crippen LogP contribution >= 0.6 is 0 Å². The van der Waals surface area contributed by atoms with Gasteiger partial charge in [0, 0.05) is 5.56 Å². The third kappa shape index (κ3) is 1.12. The zero-order valence-corrected chi connectivity index (χ0v) is 6.47. The molecule has 2 heterocycles. The first-order chi connectivity index (χ1) is 6.20. The van der Waals surface area contributed by atoms with Gasteiger partial charge < -0.3 is 5.32 Å². The van der Waals surface area contributed by atoms with Gasteiger partial charge in [0.1, 0.15) is 11.9 Å². The van der Waals surface area contributed by atoms with Crippen LogP contribution < -0.4 is 5.32 Å². The Bertz CT molecular complexity index is 436. The van der Waals surface area contributed by atoms with E-state index in [9.17, 15) is 9.18 Å². The largest absolute Gasteiger partial charge is 0.310 e. The smallest absolute Gasteiger partial charge is 0.230 e. The molecule has 5 heteroatoms. The molecular weight excluding hydrogens is 173 g/mol. The van der Waals surface area contributed by atoms with E-state index in [4.69, 9.17) is 5.26 Å². The number of pyridine rings is 1. The average molecular weight is 177 g/mol. The number of carbonyl (C=O) groups excluding carboxylic acids is 1. The fraction of sp³-hybridized carbons (Fsp3) is 0.125. The third-order valence-corrected chi connectivity index (χ3v) is 1.77. The van der Waals surface area contributed by atoms with Gasteiger partial charge in [0.05, 0.1) is 6.42 Å². The molecule has 0 aliphatic carbocycles. The lowest BCUT2D eigenvalue weighted by Crippen LogP contribution is -2.04. The van der Waals surface area contributed by atoms with Crippen LogP contribution in [0.2, 0.25) is 0 Å². The van der Waals surface area contributed by atoms with Crippen LogP contribution in [0.5, 0.6) is 0 Å². The van der Waals surface area contributed by atoms with E-state index in [1.165, 1.54) is 6.07 Å². The number of rotatable bonds is 0. The summed E-state index contributed by atoms with van der Waals surface area (Å²) in [7, 11) is 0. The fourth-order valence-electron chi connectivity index (χ4n) is 1.20. The normalized spacial score (nSPS) is 13.4. The van der Waals surface area contributed by atoms with Crippen molar-refractivity contribution in [2.45, 2.75) is 6.42 Å². The van der Waals surface area contributed by atoms with E-state index in [0.29, 0.717) is 11.4 Å². The van der Waals surface area contributed by atoms with Crippen molar-refractivity contribution in [1.29, 1.82) is 5.26 Å². The van der Waals surface area contributed by atoms with Gasteiger partial charge in [-0.2, -0.15) is 5.26 Å². The number of amides is 1. The number of aromatic nitrogens is 1. The molecule has 1 aromatic rings. The Balaban J connectivity index is 2.58. The van der Waals surface area contributed by atoms with Crippen molar-refractivity contribution in [2.75, 3.05) is 5.32 Å². The number of hydrogen-bond acceptors (Lipinski definition) is 3. The second-order valence-corrected chi connectivity index (χ2v) is 2.66. The molecule has 1 aliphatic rings. The van der Waals surface area contributed by atoms with Crippen molar-refractivity contribution in [3.63, 3.8) is 0 Å². The minimum Gasteiger partial charge on any atom is -0.310 e. The van der Waals surface area contributed by atoms with Crippen LogP contribution in [0.4, 0.5) is 10.2 Å². The number of nitriles is 1. The number of fused-ring (bicyclic) bond motifs is 1. The first-order valence-electron chi connectivity index (χ1n) is 3.60. The van der Waals surface area contributed by atoms with Gasteiger partial charge in [0.25, 0.3) is 0 Å². The molecule has 1 aromatic heterocycles. The number of hydrogen-bond donors (Lipinski definition) is 1. The van der Waals surface area contributed by atoms with E-state index in [0.717, 1.165) is 0 Å². The maximum absolute atomic E-state index is 12.9. The first kappa shape index (κ1) is 7.68. The summed E-state index contributed by atoms with van der Waals surface area (Å²) in [6, 6.07) is 2.77. The highest BCUT2D eigenvalue weighted by molar-refractivity contribution is 5.97. The maximum atomic E-state index is 12.9. The second kappa shape index (κ2) is 2.52. The first-order valence-corrected chi connectivity index (χ1v) is 3.60. The predicted octanol–water partition coefficient (Wildman–Crippen LogP) is 0.587. The van der Waals surface area contributed by atoms with Crippen LogP contribution in [0.1, 0.15) is 11.3 Å². The zero-order chi connectivity index (χ0) is 9.42. The maximum Gasteiger partial charge on any atom is 0.230 e. The molecule has 64 valence electrons. The highest BCUT2D eigenvalue weighted by atomic mass is 19.1. The molecule has 1 N–H and O–H groups in total. The lowest BCUT2D eigenvalue weighted by molar-refractivity contribution is -0.115. The highest BCUT2D eigenvalue weighted by Gasteiger charge is 2.21. The molecule has 1 aliphatic heterocycles. The second-order valence-electron chi connectivity index (χ2n) is 2.66. The molecule has 0 saturated heterocycles. The summed E-state index contributed by atoms with van der Waals surface area (Å²) in [5.74, 6) is -0.613. The fourth-order valence-corrected chi connectivity index (χ4v) is 1.20. The Labute approximate surface area is 73.0 Å². The number of anilines is 1. The topological polar surface area (TPSA) is 65.8 Å². The Morgan fingerprint density at radius 2 is 2.46 bits per heavy atom. The molecule has 1 amide bonds. The molecule has 0 aromatic carbocycles. The van der Waals surface area contributed by atoms with Gasteiger partial charge in [0.2, 0.25) is 5.91 Å². The van der Waals surface area contributed by atoms with Crippen LogP contribution in [-0.2, 0) is 11.2 Å². The molecule has 13 heavy (non-hydrogen) atoms. The van der Waals surface area contributed by atoms with Gasteiger partial charge in [-0.1, -0.05) is 0 Å². The van der Waals surface area contributed by atoms with Gasteiger partial charge in [-0.05, 0) is 6.07 Å². The van der Waals surface area contributed by atoms with E-state index in [1.807, 2.05) is 0 Å².